The highest BCUT2D eigenvalue weighted by atomic mass is 35.5. The molecular weight excluding hydrogens is 517 g/mol. The number of hydrogen-bond acceptors (Lipinski definition) is 10. The zero-order valence-corrected chi connectivity index (χ0v) is 22.1. The number of hydrogen-bond donors (Lipinski definition) is 6. The van der Waals surface area contributed by atoms with E-state index in [4.69, 9.17) is 25.8 Å². The lowest BCUT2D eigenvalue weighted by Gasteiger charge is -2.05. The maximum absolute atomic E-state index is 10.9. The third-order valence-corrected chi connectivity index (χ3v) is 5.62. The Hall–Kier alpha value is -1.74. The maximum Gasteiger partial charge on any atom is 0.488 e. The molecule has 0 spiro atoms. The van der Waals surface area contributed by atoms with E-state index in [9.17, 15) is 16.8 Å². The molecule has 196 valence electrons. The molecule has 0 aliphatic heterocycles. The summed E-state index contributed by atoms with van der Waals surface area (Å²) in [6.45, 7) is 4.48. The molecule has 2 rings (SSSR count). The van der Waals surface area contributed by atoms with Gasteiger partial charge in [-0.25, -0.2) is 16.8 Å². The van der Waals surface area contributed by atoms with Gasteiger partial charge in [0.2, 0.25) is 0 Å². The van der Waals surface area contributed by atoms with E-state index >= 15 is 0 Å². The van der Waals surface area contributed by atoms with Crippen molar-refractivity contribution in [2.24, 2.45) is 5.73 Å². The number of halogens is 1. The molecule has 2 aromatic rings. The van der Waals surface area contributed by atoms with Crippen LogP contribution in [0.25, 0.3) is 0 Å². The molecule has 0 saturated carbocycles. The minimum absolute atomic E-state index is 0. The third kappa shape index (κ3) is 19.2. The van der Waals surface area contributed by atoms with Crippen molar-refractivity contribution in [1.29, 1.82) is 0 Å². The number of rotatable bonds is 9. The van der Waals surface area contributed by atoms with Gasteiger partial charge >= 0.3 is 14.2 Å². The van der Waals surface area contributed by atoms with Crippen molar-refractivity contribution in [1.82, 2.24) is 5.32 Å². The van der Waals surface area contributed by atoms with Gasteiger partial charge in [0, 0.05) is 37.6 Å². The van der Waals surface area contributed by atoms with Crippen molar-refractivity contribution < 1.29 is 36.9 Å². The molecule has 0 heterocycles. The number of nitrogens with one attached hydrogen (secondary N) is 1. The molecule has 2 aromatic carbocycles. The quantitative estimate of drug-likeness (QED) is 0.149. The molecule has 0 unspecified atom stereocenters. The van der Waals surface area contributed by atoms with Gasteiger partial charge in [-0.1, -0.05) is 55.1 Å². The Labute approximate surface area is 214 Å². The van der Waals surface area contributed by atoms with Crippen molar-refractivity contribution in [3.05, 3.63) is 71.6 Å². The molecule has 0 aromatic heterocycles. The smallest absolute Gasteiger partial charge is 0.423 e. The second kappa shape index (κ2) is 17.7. The lowest BCUT2D eigenvalue weighted by atomic mass is 9.80. The second-order valence-electron chi connectivity index (χ2n) is 7.24. The van der Waals surface area contributed by atoms with E-state index in [0.29, 0.717) is 30.6 Å². The second-order valence-corrected chi connectivity index (χ2v) is 11.5. The normalized spacial score (nSPS) is 10.5. The Morgan fingerprint density at radius 3 is 1.51 bits per heavy atom. The van der Waals surface area contributed by atoms with Crippen LogP contribution in [0, 0.1) is 0 Å². The molecular formula is C20H33B2ClN2O8S2. The minimum Gasteiger partial charge on any atom is -0.423 e. The fraction of sp³-hybridized carbons (Fsp3) is 0.300. The molecule has 35 heavy (non-hydrogen) atoms. The summed E-state index contributed by atoms with van der Waals surface area (Å²) in [5.41, 5.74) is 8.22. The summed E-state index contributed by atoms with van der Waals surface area (Å²) in [5, 5.41) is 39.1. The molecule has 15 heteroatoms. The van der Waals surface area contributed by atoms with Crippen LogP contribution in [-0.4, -0.2) is 76.0 Å². The summed E-state index contributed by atoms with van der Waals surface area (Å²) in [5.74, 6) is 0.112. The number of nitrogens with two attached hydrogens (primary N) is 1. The highest BCUT2D eigenvalue weighted by Crippen LogP contribution is 1.97. The predicted octanol–water partition coefficient (Wildman–Crippen LogP) is -2.08. The Morgan fingerprint density at radius 2 is 1.23 bits per heavy atom. The van der Waals surface area contributed by atoms with Crippen molar-refractivity contribution in [3.8, 4) is 0 Å². The van der Waals surface area contributed by atoms with Crippen LogP contribution in [0.15, 0.2) is 60.5 Å². The van der Waals surface area contributed by atoms with Gasteiger partial charge in [0.15, 0.2) is 9.84 Å². The first-order chi connectivity index (χ1) is 15.7. The van der Waals surface area contributed by atoms with Crippen LogP contribution in [0.2, 0.25) is 0 Å². The van der Waals surface area contributed by atoms with Crippen molar-refractivity contribution in [2.45, 2.75) is 13.1 Å². The molecule has 10 nitrogen and oxygen atoms in total. The standard InChI is InChI=1S/C10H16BNO4S.C7H10BNO2.C3H6O2S.ClH/c1-17(15,16)7-6-12-8-9-2-4-10(5-3-9)11(13)14;9-5-6-1-3-7(4-2-6)8(10)11;1-3-6(2,4)5;/h2-5,12-14H,6-8H2,1H3;1-4,10-11H,5,9H2;3H,1H2,2H3;1H. The largest absolute Gasteiger partial charge is 0.488 e. The Balaban J connectivity index is 0. The van der Waals surface area contributed by atoms with Gasteiger partial charge in [0.1, 0.15) is 9.84 Å². The van der Waals surface area contributed by atoms with Crippen LogP contribution < -0.4 is 22.0 Å². The lowest BCUT2D eigenvalue weighted by Crippen LogP contribution is -2.29. The fourth-order valence-electron chi connectivity index (χ4n) is 2.12. The van der Waals surface area contributed by atoms with Crippen LogP contribution >= 0.6 is 12.4 Å². The van der Waals surface area contributed by atoms with Crippen molar-refractivity contribution >= 4 is 57.2 Å². The summed E-state index contributed by atoms with van der Waals surface area (Å²) in [7, 11) is -8.67. The molecule has 0 fully saturated rings. The average molecular weight is 551 g/mol. The maximum atomic E-state index is 10.9. The molecule has 0 amide bonds. The molecule has 0 aliphatic rings. The topological polar surface area (TPSA) is 187 Å². The van der Waals surface area contributed by atoms with Gasteiger partial charge in [0.05, 0.1) is 5.75 Å². The highest BCUT2D eigenvalue weighted by Gasteiger charge is 2.10. The highest BCUT2D eigenvalue weighted by molar-refractivity contribution is 7.93. The van der Waals surface area contributed by atoms with Crippen LogP contribution in [0.5, 0.6) is 0 Å². The van der Waals surface area contributed by atoms with Gasteiger partial charge in [-0.05, 0) is 22.1 Å². The molecule has 0 bridgehead atoms. The molecule has 0 atom stereocenters. The van der Waals surface area contributed by atoms with Gasteiger partial charge in [0.25, 0.3) is 0 Å². The van der Waals surface area contributed by atoms with Gasteiger partial charge in [-0.2, -0.15) is 0 Å². The summed E-state index contributed by atoms with van der Waals surface area (Å²) in [6, 6.07) is 13.6. The fourth-order valence-corrected chi connectivity index (χ4v) is 2.64. The summed E-state index contributed by atoms with van der Waals surface area (Å²) >= 11 is 0. The monoisotopic (exact) mass is 550 g/mol. The third-order valence-electron chi connectivity index (χ3n) is 4.07. The molecule has 0 saturated heterocycles. The Morgan fingerprint density at radius 1 is 0.857 bits per heavy atom. The zero-order chi connectivity index (χ0) is 26.4. The lowest BCUT2D eigenvalue weighted by molar-refractivity contribution is 0.424. The van der Waals surface area contributed by atoms with Gasteiger partial charge in [-0.3, -0.25) is 0 Å². The Kier molecular flexibility index (Phi) is 17.9. The van der Waals surface area contributed by atoms with Crippen molar-refractivity contribution in [2.75, 3.05) is 24.8 Å². The summed E-state index contributed by atoms with van der Waals surface area (Å²) in [6.07, 6.45) is 2.30. The van der Waals surface area contributed by atoms with Crippen LogP contribution in [-0.2, 0) is 32.8 Å². The van der Waals surface area contributed by atoms with Crippen molar-refractivity contribution in [3.63, 3.8) is 0 Å². The SMILES string of the molecule is C=CS(C)(=O)=O.CS(=O)(=O)CCNCc1ccc(B(O)O)cc1.Cl.NCc1ccc(B(O)O)cc1. The van der Waals surface area contributed by atoms with Gasteiger partial charge < -0.3 is 31.1 Å². The van der Waals surface area contributed by atoms with Gasteiger partial charge in [-0.15, -0.1) is 12.4 Å². The minimum atomic E-state index is -2.93. The first-order valence-corrected chi connectivity index (χ1v) is 14.0. The zero-order valence-electron chi connectivity index (χ0n) is 19.6. The summed E-state index contributed by atoms with van der Waals surface area (Å²) < 4.78 is 41.5. The van der Waals surface area contributed by atoms with Crippen LogP contribution in [0.3, 0.4) is 0 Å². The first kappa shape index (κ1) is 35.4. The Bertz CT molecular complexity index is 1060. The average Bonchev–Trinajstić information content (AvgIpc) is 2.77. The van der Waals surface area contributed by atoms with E-state index < -0.39 is 33.9 Å². The van der Waals surface area contributed by atoms with E-state index in [-0.39, 0.29) is 18.2 Å². The number of benzene rings is 2. The van der Waals surface area contributed by atoms with E-state index in [1.165, 1.54) is 6.26 Å². The molecule has 0 radical (unpaired) electrons. The van der Waals surface area contributed by atoms with E-state index in [1.807, 2.05) is 0 Å². The van der Waals surface area contributed by atoms with E-state index in [0.717, 1.165) is 22.8 Å². The van der Waals surface area contributed by atoms with E-state index in [2.05, 4.69) is 11.9 Å². The molecule has 0 aliphatic carbocycles. The van der Waals surface area contributed by atoms with Crippen LogP contribution in [0.1, 0.15) is 11.1 Å². The number of sulfone groups is 2. The van der Waals surface area contributed by atoms with Crippen LogP contribution in [0.4, 0.5) is 0 Å². The molecule has 7 N–H and O–H groups in total. The predicted molar refractivity (Wildman–Crippen MR) is 144 cm³/mol. The first-order valence-electron chi connectivity index (χ1n) is 9.99. The van der Waals surface area contributed by atoms with E-state index in [1.54, 1.807) is 48.5 Å². The summed E-state index contributed by atoms with van der Waals surface area (Å²) in [4.78, 5) is 0.